The number of benzene rings is 2. The number of hydrogen-bond donors (Lipinski definition) is 1. The Morgan fingerprint density at radius 1 is 1.21 bits per heavy atom. The monoisotopic (exact) mass is 472 g/mol. The SMILES string of the molecule is CC(C)(C)[C@@H]1CCc2c(sc(N=Cc3ccc(OCc4ccc(C(=O)O)cc4)cc3)c2C#N)C1. The fourth-order valence-corrected chi connectivity index (χ4v) is 5.43. The predicted molar refractivity (Wildman–Crippen MR) is 135 cm³/mol. The number of ether oxygens (including phenoxy) is 1. The van der Waals surface area contributed by atoms with Gasteiger partial charge in [-0.05, 0) is 83.7 Å². The molecule has 0 radical (unpaired) electrons. The van der Waals surface area contributed by atoms with Crippen LogP contribution in [0.5, 0.6) is 5.75 Å². The van der Waals surface area contributed by atoms with Gasteiger partial charge in [-0.2, -0.15) is 5.26 Å². The lowest BCUT2D eigenvalue weighted by Gasteiger charge is -2.33. The van der Waals surface area contributed by atoms with Crippen molar-refractivity contribution in [1.29, 1.82) is 5.26 Å². The molecule has 0 fully saturated rings. The van der Waals surface area contributed by atoms with Crippen LogP contribution >= 0.6 is 11.3 Å². The Hall–Kier alpha value is -3.43. The first kappa shape index (κ1) is 23.7. The maximum atomic E-state index is 10.9. The van der Waals surface area contributed by atoms with Crippen LogP contribution < -0.4 is 4.74 Å². The highest BCUT2D eigenvalue weighted by Crippen LogP contribution is 2.44. The summed E-state index contributed by atoms with van der Waals surface area (Å²) in [7, 11) is 0. The number of aliphatic imine (C=N–C) groups is 1. The number of carboxylic acid groups (broad SMARTS) is 1. The number of fused-ring (bicyclic) bond motifs is 1. The van der Waals surface area contributed by atoms with Crippen molar-refractivity contribution in [2.24, 2.45) is 16.3 Å². The molecule has 0 bridgehead atoms. The largest absolute Gasteiger partial charge is 0.489 e. The van der Waals surface area contributed by atoms with Gasteiger partial charge >= 0.3 is 5.97 Å². The van der Waals surface area contributed by atoms with Gasteiger partial charge in [0.2, 0.25) is 0 Å². The van der Waals surface area contributed by atoms with E-state index in [0.29, 0.717) is 12.5 Å². The van der Waals surface area contributed by atoms with E-state index in [2.05, 4.69) is 31.8 Å². The standard InChI is InChI=1S/C28H28N2O3S/c1-28(2,3)21-10-13-23-24(15-29)26(34-25(23)14-21)30-16-18-6-11-22(12-7-18)33-17-19-4-8-20(9-5-19)27(31)32/h4-9,11-12,16,21H,10,13-14,17H2,1-3H3,(H,31,32)/t21-/m1/s1. The average molecular weight is 473 g/mol. The summed E-state index contributed by atoms with van der Waals surface area (Å²) >= 11 is 1.66. The van der Waals surface area contributed by atoms with Gasteiger partial charge in [-0.3, -0.25) is 0 Å². The molecular weight excluding hydrogens is 444 g/mol. The van der Waals surface area contributed by atoms with Crippen molar-refractivity contribution in [1.82, 2.24) is 0 Å². The fraction of sp³-hybridized carbons (Fsp3) is 0.321. The van der Waals surface area contributed by atoms with Gasteiger partial charge in [0.1, 0.15) is 23.4 Å². The summed E-state index contributed by atoms with van der Waals surface area (Å²) in [5.74, 6) is 0.407. The van der Waals surface area contributed by atoms with Gasteiger partial charge in [-0.25, -0.2) is 9.79 Å². The lowest BCUT2D eigenvalue weighted by molar-refractivity contribution is 0.0697. The second-order valence-corrected chi connectivity index (χ2v) is 10.8. The normalized spacial score (nSPS) is 15.6. The molecule has 0 amide bonds. The zero-order valence-corrected chi connectivity index (χ0v) is 20.5. The maximum absolute atomic E-state index is 10.9. The molecule has 6 heteroatoms. The van der Waals surface area contributed by atoms with E-state index in [0.717, 1.165) is 46.7 Å². The van der Waals surface area contributed by atoms with Gasteiger partial charge < -0.3 is 9.84 Å². The van der Waals surface area contributed by atoms with Crippen LogP contribution in [0, 0.1) is 22.7 Å². The molecule has 1 aliphatic carbocycles. The number of thiophene rings is 1. The summed E-state index contributed by atoms with van der Waals surface area (Å²) < 4.78 is 5.81. The van der Waals surface area contributed by atoms with Gasteiger partial charge in [0.25, 0.3) is 0 Å². The zero-order valence-electron chi connectivity index (χ0n) is 19.7. The number of carboxylic acids is 1. The first-order valence-corrected chi connectivity index (χ1v) is 12.2. The van der Waals surface area contributed by atoms with Crippen LogP contribution in [0.1, 0.15) is 64.7 Å². The molecule has 1 aliphatic rings. The molecule has 1 N–H and O–H groups in total. The predicted octanol–water partition coefficient (Wildman–Crippen LogP) is 6.80. The van der Waals surface area contributed by atoms with Crippen LogP contribution in [0.2, 0.25) is 0 Å². The Bertz CT molecular complexity index is 1240. The number of rotatable bonds is 6. The van der Waals surface area contributed by atoms with E-state index in [1.165, 1.54) is 10.4 Å². The average Bonchev–Trinajstić information content (AvgIpc) is 3.18. The van der Waals surface area contributed by atoms with Crippen LogP contribution in [0.3, 0.4) is 0 Å². The molecular formula is C28H28N2O3S. The molecule has 3 aromatic rings. The number of carbonyl (C=O) groups is 1. The summed E-state index contributed by atoms with van der Waals surface area (Å²) in [6, 6.07) is 16.7. The molecule has 174 valence electrons. The molecule has 0 unspecified atom stereocenters. The minimum atomic E-state index is -0.941. The van der Waals surface area contributed by atoms with Crippen molar-refractivity contribution in [3.63, 3.8) is 0 Å². The minimum absolute atomic E-state index is 0.257. The molecule has 4 rings (SSSR count). The van der Waals surface area contributed by atoms with E-state index < -0.39 is 5.97 Å². The van der Waals surface area contributed by atoms with Gasteiger partial charge in [-0.1, -0.05) is 32.9 Å². The second-order valence-electron chi connectivity index (χ2n) is 9.72. The molecule has 2 aromatic carbocycles. The van der Waals surface area contributed by atoms with E-state index in [1.54, 1.807) is 41.8 Å². The van der Waals surface area contributed by atoms with E-state index in [9.17, 15) is 10.1 Å². The van der Waals surface area contributed by atoms with Crippen molar-refractivity contribution in [3.8, 4) is 11.8 Å². The van der Waals surface area contributed by atoms with Crippen molar-refractivity contribution >= 4 is 28.5 Å². The van der Waals surface area contributed by atoms with Crippen LogP contribution in [-0.2, 0) is 19.4 Å². The van der Waals surface area contributed by atoms with E-state index in [4.69, 9.17) is 9.84 Å². The zero-order chi connectivity index (χ0) is 24.3. The van der Waals surface area contributed by atoms with Gasteiger partial charge in [0.15, 0.2) is 0 Å². The van der Waals surface area contributed by atoms with Gasteiger partial charge in [0.05, 0.1) is 11.1 Å². The summed E-state index contributed by atoms with van der Waals surface area (Å²) in [4.78, 5) is 16.9. The fourth-order valence-electron chi connectivity index (χ4n) is 4.21. The van der Waals surface area contributed by atoms with Crippen molar-refractivity contribution in [3.05, 3.63) is 81.2 Å². The molecule has 0 aliphatic heterocycles. The third-order valence-electron chi connectivity index (χ3n) is 6.40. The van der Waals surface area contributed by atoms with E-state index in [-0.39, 0.29) is 11.0 Å². The van der Waals surface area contributed by atoms with Crippen LogP contribution in [0.25, 0.3) is 0 Å². The first-order chi connectivity index (χ1) is 16.2. The molecule has 5 nitrogen and oxygen atoms in total. The number of aromatic carboxylic acids is 1. The number of hydrogen-bond acceptors (Lipinski definition) is 5. The highest BCUT2D eigenvalue weighted by molar-refractivity contribution is 7.16. The molecule has 1 aromatic heterocycles. The first-order valence-electron chi connectivity index (χ1n) is 11.4. The topological polar surface area (TPSA) is 82.7 Å². The summed E-state index contributed by atoms with van der Waals surface area (Å²) in [6.07, 6.45) is 4.90. The summed E-state index contributed by atoms with van der Waals surface area (Å²) in [5.41, 5.74) is 4.28. The Kier molecular flexibility index (Phi) is 6.85. The van der Waals surface area contributed by atoms with E-state index >= 15 is 0 Å². The molecule has 34 heavy (non-hydrogen) atoms. The Labute approximate surface area is 204 Å². The number of nitriles is 1. The molecule has 0 spiro atoms. The van der Waals surface area contributed by atoms with Gasteiger partial charge in [-0.15, -0.1) is 11.3 Å². The molecule has 0 saturated heterocycles. The maximum Gasteiger partial charge on any atom is 0.335 e. The van der Waals surface area contributed by atoms with Gasteiger partial charge in [0, 0.05) is 11.1 Å². The third kappa shape index (κ3) is 5.37. The Morgan fingerprint density at radius 2 is 1.91 bits per heavy atom. The molecule has 1 atom stereocenters. The van der Waals surface area contributed by atoms with Crippen LogP contribution in [-0.4, -0.2) is 17.3 Å². The quantitative estimate of drug-likeness (QED) is 0.400. The van der Waals surface area contributed by atoms with Crippen LogP contribution in [0.4, 0.5) is 5.00 Å². The summed E-state index contributed by atoms with van der Waals surface area (Å²) in [6.45, 7) is 7.24. The third-order valence-corrected chi connectivity index (χ3v) is 7.56. The lowest BCUT2D eigenvalue weighted by atomic mass is 9.72. The Morgan fingerprint density at radius 3 is 2.53 bits per heavy atom. The highest BCUT2D eigenvalue weighted by atomic mass is 32.1. The summed E-state index contributed by atoms with van der Waals surface area (Å²) in [5, 5.41) is 19.5. The van der Waals surface area contributed by atoms with E-state index in [1.807, 2.05) is 24.3 Å². The van der Waals surface area contributed by atoms with Crippen molar-refractivity contribution in [2.45, 2.75) is 46.6 Å². The number of nitrogens with zero attached hydrogens (tertiary/aromatic N) is 2. The van der Waals surface area contributed by atoms with Crippen molar-refractivity contribution in [2.75, 3.05) is 0 Å². The molecule has 0 saturated carbocycles. The smallest absolute Gasteiger partial charge is 0.335 e. The van der Waals surface area contributed by atoms with Crippen LogP contribution in [0.15, 0.2) is 53.5 Å². The minimum Gasteiger partial charge on any atom is -0.489 e. The Balaban J connectivity index is 1.41. The molecule has 1 heterocycles. The second kappa shape index (κ2) is 9.82. The highest BCUT2D eigenvalue weighted by Gasteiger charge is 2.32. The van der Waals surface area contributed by atoms with Crippen molar-refractivity contribution < 1.29 is 14.6 Å². The lowest BCUT2D eigenvalue weighted by Crippen LogP contribution is -2.26.